The summed E-state index contributed by atoms with van der Waals surface area (Å²) in [7, 11) is 3.07. The Hall–Kier alpha value is -2.70. The predicted octanol–water partition coefficient (Wildman–Crippen LogP) is 1.87. The van der Waals surface area contributed by atoms with Crippen molar-refractivity contribution in [3.63, 3.8) is 0 Å². The molecule has 0 N–H and O–H groups in total. The first-order chi connectivity index (χ1) is 11.5. The summed E-state index contributed by atoms with van der Waals surface area (Å²) < 4.78 is 19.9. The zero-order valence-corrected chi connectivity index (χ0v) is 13.5. The minimum Gasteiger partial charge on any atom is -0.468 e. The molecule has 0 saturated heterocycles. The number of anilines is 1. The molecule has 3 rings (SSSR count). The number of nitrogens with zero attached hydrogens (tertiary/aromatic N) is 3. The highest BCUT2D eigenvalue weighted by Crippen LogP contribution is 2.48. The first kappa shape index (κ1) is 16.2. The second-order valence-electron chi connectivity index (χ2n) is 5.88. The molecule has 1 aliphatic carbocycles. The minimum atomic E-state index is -0.550. The van der Waals surface area contributed by atoms with Gasteiger partial charge in [0.25, 0.3) is 0 Å². The number of carbonyl (C=O) groups is 2. The standard InChI is InChI=1S/C17H18FN3O3/c1-20-9-11(8-19-20)14-7-15(14)17(23)21(10-16(22)24-2)13-5-3-4-12(18)6-13/h3-6,8-9,14-15H,7,10H2,1-2H3/t14-,15-/m0/s1. The van der Waals surface area contributed by atoms with Crippen molar-refractivity contribution in [2.75, 3.05) is 18.6 Å². The molecule has 1 amide bonds. The first-order valence-electron chi connectivity index (χ1n) is 7.62. The number of aryl methyl sites for hydroxylation is 1. The number of ether oxygens (including phenoxy) is 1. The summed E-state index contributed by atoms with van der Waals surface area (Å²) in [6.07, 6.45) is 4.31. The summed E-state index contributed by atoms with van der Waals surface area (Å²) in [5.41, 5.74) is 1.34. The van der Waals surface area contributed by atoms with E-state index in [2.05, 4.69) is 9.84 Å². The molecule has 1 saturated carbocycles. The number of rotatable bonds is 5. The summed E-state index contributed by atoms with van der Waals surface area (Å²) in [5.74, 6) is -1.37. The van der Waals surface area contributed by atoms with Gasteiger partial charge in [-0.1, -0.05) is 6.07 Å². The van der Waals surface area contributed by atoms with E-state index in [0.29, 0.717) is 12.1 Å². The molecular formula is C17H18FN3O3. The SMILES string of the molecule is COC(=O)CN(C(=O)[C@H]1C[C@H]1c1cnn(C)c1)c1cccc(F)c1. The lowest BCUT2D eigenvalue weighted by atomic mass is 10.1. The Kier molecular flexibility index (Phi) is 4.33. The number of amides is 1. The van der Waals surface area contributed by atoms with E-state index in [0.717, 1.165) is 5.56 Å². The molecule has 0 bridgehead atoms. The molecular weight excluding hydrogens is 313 g/mol. The fourth-order valence-electron chi connectivity index (χ4n) is 2.80. The number of esters is 1. The lowest BCUT2D eigenvalue weighted by molar-refractivity contribution is -0.140. The van der Waals surface area contributed by atoms with Crippen LogP contribution in [-0.4, -0.2) is 35.3 Å². The Balaban J connectivity index is 1.80. The average Bonchev–Trinajstić information content (AvgIpc) is 3.26. The van der Waals surface area contributed by atoms with Gasteiger partial charge in [-0.15, -0.1) is 0 Å². The van der Waals surface area contributed by atoms with E-state index in [1.165, 1.54) is 30.2 Å². The van der Waals surface area contributed by atoms with Crippen LogP contribution >= 0.6 is 0 Å². The maximum atomic E-state index is 13.5. The summed E-state index contributed by atoms with van der Waals surface area (Å²) in [6, 6.07) is 5.64. The number of hydrogen-bond donors (Lipinski definition) is 0. The molecule has 1 fully saturated rings. The van der Waals surface area contributed by atoms with Crippen LogP contribution in [0.4, 0.5) is 10.1 Å². The predicted molar refractivity (Wildman–Crippen MR) is 84.8 cm³/mol. The second kappa shape index (κ2) is 6.43. The molecule has 7 heteroatoms. The van der Waals surface area contributed by atoms with E-state index in [1.807, 2.05) is 13.2 Å². The van der Waals surface area contributed by atoms with E-state index in [4.69, 9.17) is 0 Å². The molecule has 0 radical (unpaired) electrons. The van der Waals surface area contributed by atoms with Crippen LogP contribution < -0.4 is 4.90 Å². The fourth-order valence-corrected chi connectivity index (χ4v) is 2.80. The van der Waals surface area contributed by atoms with Crippen molar-refractivity contribution in [1.82, 2.24) is 9.78 Å². The number of carbonyl (C=O) groups excluding carboxylic acids is 2. The third-order valence-corrected chi connectivity index (χ3v) is 4.16. The number of aromatic nitrogens is 2. The molecule has 0 spiro atoms. The highest BCUT2D eigenvalue weighted by molar-refractivity contribution is 6.00. The van der Waals surface area contributed by atoms with E-state index in [9.17, 15) is 14.0 Å². The highest BCUT2D eigenvalue weighted by Gasteiger charge is 2.47. The summed E-state index contributed by atoms with van der Waals surface area (Å²) in [6.45, 7) is -0.241. The van der Waals surface area contributed by atoms with Crippen LogP contribution in [0.1, 0.15) is 17.9 Å². The Morgan fingerprint density at radius 2 is 2.25 bits per heavy atom. The van der Waals surface area contributed by atoms with E-state index >= 15 is 0 Å². The second-order valence-corrected chi connectivity index (χ2v) is 5.88. The number of halogens is 1. The van der Waals surface area contributed by atoms with Gasteiger partial charge in [0.15, 0.2) is 0 Å². The van der Waals surface area contributed by atoms with Gasteiger partial charge in [-0.2, -0.15) is 5.10 Å². The van der Waals surface area contributed by atoms with Crippen LogP contribution in [0.2, 0.25) is 0 Å². The monoisotopic (exact) mass is 331 g/mol. The smallest absolute Gasteiger partial charge is 0.325 e. The van der Waals surface area contributed by atoms with Crippen LogP contribution in [0, 0.1) is 11.7 Å². The van der Waals surface area contributed by atoms with Gasteiger partial charge in [-0.3, -0.25) is 14.3 Å². The topological polar surface area (TPSA) is 64.4 Å². The molecule has 1 aromatic heterocycles. The van der Waals surface area contributed by atoms with Crippen molar-refractivity contribution in [3.05, 3.63) is 48.0 Å². The largest absolute Gasteiger partial charge is 0.468 e. The van der Waals surface area contributed by atoms with Gasteiger partial charge >= 0.3 is 5.97 Å². The zero-order valence-electron chi connectivity index (χ0n) is 13.5. The average molecular weight is 331 g/mol. The molecule has 0 aliphatic heterocycles. The molecule has 2 aromatic rings. The van der Waals surface area contributed by atoms with E-state index < -0.39 is 11.8 Å². The molecule has 1 aromatic carbocycles. The Bertz CT molecular complexity index is 774. The van der Waals surface area contributed by atoms with Crippen LogP contribution in [0.15, 0.2) is 36.7 Å². The highest BCUT2D eigenvalue weighted by atomic mass is 19.1. The zero-order chi connectivity index (χ0) is 17.3. The van der Waals surface area contributed by atoms with Crippen molar-refractivity contribution in [1.29, 1.82) is 0 Å². The molecule has 126 valence electrons. The van der Waals surface area contributed by atoms with Crippen LogP contribution in [0.3, 0.4) is 0 Å². The molecule has 1 heterocycles. The van der Waals surface area contributed by atoms with Gasteiger partial charge in [0.2, 0.25) is 5.91 Å². The third-order valence-electron chi connectivity index (χ3n) is 4.16. The fraction of sp³-hybridized carbons (Fsp3) is 0.353. The van der Waals surface area contributed by atoms with Gasteiger partial charge in [-0.05, 0) is 36.1 Å². The molecule has 24 heavy (non-hydrogen) atoms. The normalized spacial score (nSPS) is 19.0. The van der Waals surface area contributed by atoms with E-state index in [1.54, 1.807) is 16.9 Å². The van der Waals surface area contributed by atoms with Gasteiger partial charge in [0.05, 0.1) is 13.3 Å². The van der Waals surface area contributed by atoms with Crippen molar-refractivity contribution < 1.29 is 18.7 Å². The lowest BCUT2D eigenvalue weighted by Gasteiger charge is -2.22. The minimum absolute atomic E-state index is 0.0832. The van der Waals surface area contributed by atoms with Crippen molar-refractivity contribution >= 4 is 17.6 Å². The summed E-state index contributed by atoms with van der Waals surface area (Å²) in [4.78, 5) is 25.8. The Morgan fingerprint density at radius 3 is 2.88 bits per heavy atom. The maximum absolute atomic E-state index is 13.5. The Morgan fingerprint density at radius 1 is 1.46 bits per heavy atom. The van der Waals surface area contributed by atoms with Crippen molar-refractivity contribution in [2.24, 2.45) is 13.0 Å². The van der Waals surface area contributed by atoms with Crippen LogP contribution in [-0.2, 0) is 21.4 Å². The van der Waals surface area contributed by atoms with Gasteiger partial charge in [0, 0.05) is 24.8 Å². The van der Waals surface area contributed by atoms with E-state index in [-0.39, 0.29) is 24.3 Å². The van der Waals surface area contributed by atoms with Crippen LogP contribution in [0.25, 0.3) is 0 Å². The lowest BCUT2D eigenvalue weighted by Crippen LogP contribution is -2.37. The molecule has 1 aliphatic rings. The summed E-state index contributed by atoms with van der Waals surface area (Å²) in [5, 5.41) is 4.12. The van der Waals surface area contributed by atoms with Crippen molar-refractivity contribution in [2.45, 2.75) is 12.3 Å². The van der Waals surface area contributed by atoms with Gasteiger partial charge in [-0.25, -0.2) is 4.39 Å². The van der Waals surface area contributed by atoms with Crippen LogP contribution in [0.5, 0.6) is 0 Å². The molecule has 0 unspecified atom stereocenters. The van der Waals surface area contributed by atoms with Gasteiger partial charge in [0.1, 0.15) is 12.4 Å². The molecule has 6 nitrogen and oxygen atoms in total. The number of hydrogen-bond acceptors (Lipinski definition) is 4. The van der Waals surface area contributed by atoms with Crippen molar-refractivity contribution in [3.8, 4) is 0 Å². The summed E-state index contributed by atoms with van der Waals surface area (Å²) >= 11 is 0. The maximum Gasteiger partial charge on any atom is 0.325 e. The quantitative estimate of drug-likeness (QED) is 0.785. The first-order valence-corrected chi connectivity index (χ1v) is 7.62. The molecule has 2 atom stereocenters. The van der Waals surface area contributed by atoms with Gasteiger partial charge < -0.3 is 9.64 Å². The number of methoxy groups -OCH3 is 1. The third kappa shape index (κ3) is 3.29. The number of benzene rings is 1. The Labute approximate surface area is 138 Å².